The molecule has 0 saturated carbocycles. The largest absolute Gasteiger partial charge is 0.478 e. The summed E-state index contributed by atoms with van der Waals surface area (Å²) in [5, 5.41) is 0.259. The van der Waals surface area contributed by atoms with Gasteiger partial charge in [-0.15, -0.1) is 0 Å². The van der Waals surface area contributed by atoms with E-state index in [0.29, 0.717) is 62.3 Å². The molecule has 9 nitrogen and oxygen atoms in total. The second-order valence-electron chi connectivity index (χ2n) is 8.27. The van der Waals surface area contributed by atoms with E-state index in [2.05, 4.69) is 21.8 Å². The Morgan fingerprint density at radius 2 is 2.16 bits per heavy atom. The van der Waals surface area contributed by atoms with Gasteiger partial charge in [-0.3, -0.25) is 0 Å². The van der Waals surface area contributed by atoms with Crippen molar-refractivity contribution in [2.45, 2.75) is 38.0 Å². The number of ether oxygens (including phenoxy) is 2. The van der Waals surface area contributed by atoms with Crippen molar-refractivity contribution in [2.75, 3.05) is 37.0 Å². The molecule has 0 aromatic carbocycles. The molecular formula is C22H27N5O4S. The first-order valence-electron chi connectivity index (χ1n) is 11.0. The maximum atomic E-state index is 12.7. The summed E-state index contributed by atoms with van der Waals surface area (Å²) in [6.45, 7) is 6.36. The average molecular weight is 458 g/mol. The second kappa shape index (κ2) is 8.32. The number of hydrogen-bond donors (Lipinski definition) is 1. The topological polar surface area (TPSA) is 110 Å². The number of pyridine rings is 1. The number of morpholine rings is 1. The fourth-order valence-corrected chi connectivity index (χ4v) is 6.37. The first-order valence-corrected chi connectivity index (χ1v) is 12.7. The number of rotatable bonds is 5. The number of aromatic amines is 1. The van der Waals surface area contributed by atoms with E-state index in [1.165, 1.54) is 0 Å². The number of hydrogen-bond acceptors (Lipinski definition) is 8. The molecule has 0 unspecified atom stereocenters. The van der Waals surface area contributed by atoms with E-state index in [1.807, 2.05) is 31.3 Å². The number of H-pyrrole nitrogens is 1. The molecule has 1 N–H and O–H groups in total. The number of sulfone groups is 1. The van der Waals surface area contributed by atoms with Crippen LogP contribution in [-0.4, -0.2) is 66.5 Å². The maximum Gasteiger partial charge on any atom is 0.215 e. The van der Waals surface area contributed by atoms with Crippen molar-refractivity contribution >= 4 is 26.7 Å². The standard InChI is InChI=1S/C22H27N5O4S/c1-3-31-20-11-16(15-6-7-23-21(15)26-20)22-24-17(18-5-4-10-32(18,28)29)12-19(25-22)27-8-9-30-13-14(27)2/h6-7,11-12,14,18H,3-5,8-10,13H2,1-2H3,(H,23,26)/t14-,18-/m1/s1. The molecule has 0 radical (unpaired) electrons. The van der Waals surface area contributed by atoms with Crippen LogP contribution in [0.15, 0.2) is 24.4 Å². The third kappa shape index (κ3) is 3.81. The third-order valence-corrected chi connectivity index (χ3v) is 8.29. The molecule has 0 bridgehead atoms. The van der Waals surface area contributed by atoms with Crippen LogP contribution in [0.5, 0.6) is 5.88 Å². The molecule has 3 aromatic heterocycles. The Balaban J connectivity index is 1.70. The lowest BCUT2D eigenvalue weighted by atomic mass is 10.1. The number of nitrogens with zero attached hydrogens (tertiary/aromatic N) is 4. The molecular weight excluding hydrogens is 430 g/mol. The smallest absolute Gasteiger partial charge is 0.215 e. The SMILES string of the molecule is CCOc1cc(-c2nc([C@H]3CCCS3(=O)=O)cc(N3CCOC[C@H]3C)n2)c2cc[nH]c2n1. The van der Waals surface area contributed by atoms with Crippen LogP contribution in [0.2, 0.25) is 0 Å². The second-order valence-corrected chi connectivity index (χ2v) is 10.6. The molecule has 2 aliphatic rings. The van der Waals surface area contributed by atoms with Gasteiger partial charge in [0.1, 0.15) is 16.7 Å². The minimum Gasteiger partial charge on any atom is -0.478 e. The fourth-order valence-electron chi connectivity index (χ4n) is 4.50. The van der Waals surface area contributed by atoms with Crippen molar-refractivity contribution in [3.8, 4) is 17.3 Å². The van der Waals surface area contributed by atoms with Gasteiger partial charge in [-0.05, 0) is 32.8 Å². The highest BCUT2D eigenvalue weighted by Crippen LogP contribution is 2.37. The van der Waals surface area contributed by atoms with Gasteiger partial charge >= 0.3 is 0 Å². The minimum atomic E-state index is -3.23. The quantitative estimate of drug-likeness (QED) is 0.623. The van der Waals surface area contributed by atoms with Crippen LogP contribution in [0.25, 0.3) is 22.4 Å². The zero-order chi connectivity index (χ0) is 22.3. The Bertz CT molecular complexity index is 1240. The highest BCUT2D eigenvalue weighted by molar-refractivity contribution is 7.91. The Morgan fingerprint density at radius 1 is 1.28 bits per heavy atom. The summed E-state index contributed by atoms with van der Waals surface area (Å²) < 4.78 is 36.7. The lowest BCUT2D eigenvalue weighted by molar-refractivity contribution is 0.0985. The molecule has 2 atom stereocenters. The van der Waals surface area contributed by atoms with Gasteiger partial charge in [0, 0.05) is 35.8 Å². The molecule has 3 aromatic rings. The molecule has 5 heterocycles. The Morgan fingerprint density at radius 3 is 2.91 bits per heavy atom. The van der Waals surface area contributed by atoms with Crippen LogP contribution in [0.3, 0.4) is 0 Å². The van der Waals surface area contributed by atoms with Gasteiger partial charge in [-0.25, -0.2) is 18.4 Å². The van der Waals surface area contributed by atoms with E-state index < -0.39 is 15.1 Å². The van der Waals surface area contributed by atoms with Gasteiger partial charge in [-0.1, -0.05) is 0 Å². The van der Waals surface area contributed by atoms with Gasteiger partial charge in [0.15, 0.2) is 15.7 Å². The predicted molar refractivity (Wildman–Crippen MR) is 122 cm³/mol. The van der Waals surface area contributed by atoms with Crippen molar-refractivity contribution in [3.05, 3.63) is 30.1 Å². The Kier molecular flexibility index (Phi) is 5.50. The monoisotopic (exact) mass is 457 g/mol. The lowest BCUT2D eigenvalue weighted by Gasteiger charge is -2.34. The van der Waals surface area contributed by atoms with Crippen LogP contribution in [0.1, 0.15) is 37.6 Å². The third-order valence-electron chi connectivity index (χ3n) is 6.09. The van der Waals surface area contributed by atoms with Gasteiger partial charge in [0.05, 0.1) is 37.3 Å². The first-order chi connectivity index (χ1) is 15.5. The molecule has 0 aliphatic carbocycles. The molecule has 170 valence electrons. The summed E-state index contributed by atoms with van der Waals surface area (Å²) in [6, 6.07) is 5.72. The number of fused-ring (bicyclic) bond motifs is 1. The number of nitrogens with one attached hydrogen (secondary N) is 1. The normalized spacial score (nSPS) is 23.0. The Labute approximate surface area is 187 Å². The first kappa shape index (κ1) is 21.1. The van der Waals surface area contributed by atoms with Crippen molar-refractivity contribution < 1.29 is 17.9 Å². The summed E-state index contributed by atoms with van der Waals surface area (Å²) in [7, 11) is -3.23. The molecule has 2 saturated heterocycles. The summed E-state index contributed by atoms with van der Waals surface area (Å²) >= 11 is 0. The van der Waals surface area contributed by atoms with Crippen molar-refractivity contribution in [1.29, 1.82) is 0 Å². The van der Waals surface area contributed by atoms with Crippen molar-refractivity contribution in [1.82, 2.24) is 19.9 Å². The Hall–Kier alpha value is -2.72. The lowest BCUT2D eigenvalue weighted by Crippen LogP contribution is -2.44. The molecule has 10 heteroatoms. The maximum absolute atomic E-state index is 12.7. The molecule has 2 fully saturated rings. The van der Waals surface area contributed by atoms with Gasteiger partial charge in [-0.2, -0.15) is 4.98 Å². The predicted octanol–water partition coefficient (Wildman–Crippen LogP) is 2.89. The van der Waals surface area contributed by atoms with E-state index in [4.69, 9.17) is 19.4 Å². The summed E-state index contributed by atoms with van der Waals surface area (Å²) in [6.07, 6.45) is 3.05. The molecule has 5 rings (SSSR count). The van der Waals surface area contributed by atoms with Crippen molar-refractivity contribution in [3.63, 3.8) is 0 Å². The van der Waals surface area contributed by atoms with E-state index in [-0.39, 0.29) is 11.8 Å². The van der Waals surface area contributed by atoms with Crippen molar-refractivity contribution in [2.24, 2.45) is 0 Å². The minimum absolute atomic E-state index is 0.128. The van der Waals surface area contributed by atoms with Crippen LogP contribution >= 0.6 is 0 Å². The van der Waals surface area contributed by atoms with Gasteiger partial charge in [0.2, 0.25) is 5.88 Å². The molecule has 32 heavy (non-hydrogen) atoms. The van der Waals surface area contributed by atoms with E-state index in [1.54, 1.807) is 0 Å². The van der Waals surface area contributed by atoms with Gasteiger partial charge < -0.3 is 19.4 Å². The zero-order valence-electron chi connectivity index (χ0n) is 18.2. The average Bonchev–Trinajstić information content (AvgIpc) is 3.39. The van der Waals surface area contributed by atoms with Crippen LogP contribution < -0.4 is 9.64 Å². The number of anilines is 1. The van der Waals surface area contributed by atoms with E-state index >= 15 is 0 Å². The highest BCUT2D eigenvalue weighted by atomic mass is 32.2. The summed E-state index contributed by atoms with van der Waals surface area (Å²) in [4.78, 5) is 19.5. The number of aromatic nitrogens is 4. The molecule has 0 amide bonds. The summed E-state index contributed by atoms with van der Waals surface area (Å²) in [5.41, 5.74) is 1.99. The van der Waals surface area contributed by atoms with E-state index in [9.17, 15) is 8.42 Å². The van der Waals surface area contributed by atoms with Gasteiger partial charge in [0.25, 0.3) is 0 Å². The van der Waals surface area contributed by atoms with Crippen LogP contribution in [-0.2, 0) is 14.6 Å². The molecule has 0 spiro atoms. The summed E-state index contributed by atoms with van der Waals surface area (Å²) in [5.74, 6) is 1.88. The fraction of sp³-hybridized carbons (Fsp3) is 0.500. The highest BCUT2D eigenvalue weighted by Gasteiger charge is 2.35. The molecule has 2 aliphatic heterocycles. The van der Waals surface area contributed by atoms with E-state index in [0.717, 1.165) is 16.8 Å². The van der Waals surface area contributed by atoms with Crippen LogP contribution in [0, 0.1) is 0 Å². The zero-order valence-corrected chi connectivity index (χ0v) is 19.1. The van der Waals surface area contributed by atoms with Crippen LogP contribution in [0.4, 0.5) is 5.82 Å².